The summed E-state index contributed by atoms with van der Waals surface area (Å²) in [5.74, 6) is 0.679. The van der Waals surface area contributed by atoms with Crippen molar-refractivity contribution in [3.8, 4) is 0 Å². The summed E-state index contributed by atoms with van der Waals surface area (Å²) in [5, 5.41) is 10.2. The highest BCUT2D eigenvalue weighted by atomic mass is 16.3. The maximum atomic E-state index is 10.2. The SMILES string of the molecule is OC1C=CC=C2C1=C(C1CC1)c1ccccc12. The van der Waals surface area contributed by atoms with Crippen molar-refractivity contribution in [2.75, 3.05) is 0 Å². The predicted octanol–water partition coefficient (Wildman–Crippen LogP) is 3.18. The van der Waals surface area contributed by atoms with E-state index < -0.39 is 6.10 Å². The van der Waals surface area contributed by atoms with Gasteiger partial charge in [-0.25, -0.2) is 0 Å². The standard InChI is InChI=1S/C16H14O/c17-14-7-3-6-13-11-4-1-2-5-12(11)15(16(13)14)10-8-9-10/h1-7,10,14,17H,8-9H2. The minimum absolute atomic E-state index is 0.419. The molecule has 0 radical (unpaired) electrons. The van der Waals surface area contributed by atoms with Gasteiger partial charge in [0.25, 0.3) is 0 Å². The molecule has 0 aromatic heterocycles. The van der Waals surface area contributed by atoms with Crippen LogP contribution in [-0.2, 0) is 0 Å². The fraction of sp³-hybridized carbons (Fsp3) is 0.250. The zero-order valence-corrected chi connectivity index (χ0v) is 9.56. The Balaban J connectivity index is 2.02. The van der Waals surface area contributed by atoms with E-state index in [1.807, 2.05) is 12.2 Å². The molecule has 0 heterocycles. The van der Waals surface area contributed by atoms with Crippen molar-refractivity contribution in [2.24, 2.45) is 5.92 Å². The van der Waals surface area contributed by atoms with Crippen molar-refractivity contribution in [3.63, 3.8) is 0 Å². The van der Waals surface area contributed by atoms with Gasteiger partial charge >= 0.3 is 0 Å². The summed E-state index contributed by atoms with van der Waals surface area (Å²) in [7, 11) is 0. The highest BCUT2D eigenvalue weighted by Crippen LogP contribution is 2.53. The first-order chi connectivity index (χ1) is 8.36. The van der Waals surface area contributed by atoms with E-state index in [-0.39, 0.29) is 0 Å². The van der Waals surface area contributed by atoms with Crippen molar-refractivity contribution in [1.82, 2.24) is 0 Å². The van der Waals surface area contributed by atoms with Crippen LogP contribution in [0.15, 0.2) is 48.1 Å². The van der Waals surface area contributed by atoms with Crippen molar-refractivity contribution in [1.29, 1.82) is 0 Å². The van der Waals surface area contributed by atoms with Crippen molar-refractivity contribution >= 4 is 11.1 Å². The van der Waals surface area contributed by atoms with E-state index in [1.165, 1.54) is 35.1 Å². The van der Waals surface area contributed by atoms with E-state index in [2.05, 4.69) is 30.3 Å². The maximum absolute atomic E-state index is 10.2. The molecule has 1 atom stereocenters. The molecule has 0 aliphatic heterocycles. The van der Waals surface area contributed by atoms with Gasteiger partial charge in [0.2, 0.25) is 0 Å². The van der Waals surface area contributed by atoms with Gasteiger partial charge < -0.3 is 5.11 Å². The minimum atomic E-state index is -0.419. The van der Waals surface area contributed by atoms with Gasteiger partial charge in [-0.1, -0.05) is 42.5 Å². The first kappa shape index (κ1) is 9.43. The van der Waals surface area contributed by atoms with E-state index in [0.717, 1.165) is 5.57 Å². The van der Waals surface area contributed by atoms with Gasteiger partial charge in [-0.3, -0.25) is 0 Å². The van der Waals surface area contributed by atoms with Gasteiger partial charge in [0, 0.05) is 0 Å². The average molecular weight is 222 g/mol. The smallest absolute Gasteiger partial charge is 0.0983 e. The molecule has 0 saturated heterocycles. The molecule has 1 aromatic carbocycles. The number of hydrogen-bond acceptors (Lipinski definition) is 1. The van der Waals surface area contributed by atoms with E-state index in [1.54, 1.807) is 0 Å². The second-order valence-corrected chi connectivity index (χ2v) is 5.06. The minimum Gasteiger partial charge on any atom is -0.384 e. The molecule has 4 rings (SSSR count). The Hall–Kier alpha value is -1.60. The fourth-order valence-electron chi connectivity index (χ4n) is 3.05. The summed E-state index contributed by atoms with van der Waals surface area (Å²) < 4.78 is 0. The molecule has 1 saturated carbocycles. The Labute approximate surface area is 101 Å². The van der Waals surface area contributed by atoms with Crippen LogP contribution in [0.5, 0.6) is 0 Å². The first-order valence-corrected chi connectivity index (χ1v) is 6.27. The normalized spacial score (nSPS) is 25.7. The molecule has 1 aromatic rings. The highest BCUT2D eigenvalue weighted by molar-refractivity contribution is 6.03. The fourth-order valence-corrected chi connectivity index (χ4v) is 3.05. The quantitative estimate of drug-likeness (QED) is 0.773. The molecular formula is C16H14O. The Bertz CT molecular complexity index is 585. The Kier molecular flexibility index (Phi) is 1.78. The lowest BCUT2D eigenvalue weighted by atomic mass is 9.93. The lowest BCUT2D eigenvalue weighted by Gasteiger charge is -2.16. The average Bonchev–Trinajstić information content (AvgIpc) is 3.12. The van der Waals surface area contributed by atoms with Gasteiger partial charge in [-0.05, 0) is 46.6 Å². The summed E-state index contributed by atoms with van der Waals surface area (Å²) >= 11 is 0. The van der Waals surface area contributed by atoms with Crippen LogP contribution in [0.2, 0.25) is 0 Å². The number of rotatable bonds is 1. The summed E-state index contributed by atoms with van der Waals surface area (Å²) in [6.45, 7) is 0. The highest BCUT2D eigenvalue weighted by Gasteiger charge is 2.38. The largest absolute Gasteiger partial charge is 0.384 e. The molecule has 17 heavy (non-hydrogen) atoms. The molecular weight excluding hydrogens is 208 g/mol. The third-order valence-electron chi connectivity index (χ3n) is 3.93. The van der Waals surface area contributed by atoms with Crippen LogP contribution < -0.4 is 0 Å². The van der Waals surface area contributed by atoms with Crippen LogP contribution in [0.25, 0.3) is 11.1 Å². The van der Waals surface area contributed by atoms with Gasteiger partial charge in [-0.2, -0.15) is 0 Å². The Morgan fingerprint density at radius 3 is 2.53 bits per heavy atom. The van der Waals surface area contributed by atoms with E-state index in [0.29, 0.717) is 5.92 Å². The second-order valence-electron chi connectivity index (χ2n) is 5.06. The van der Waals surface area contributed by atoms with Crippen LogP contribution in [0.1, 0.15) is 24.0 Å². The van der Waals surface area contributed by atoms with Gasteiger partial charge in [0.05, 0.1) is 6.10 Å². The number of hydrogen-bond donors (Lipinski definition) is 1. The number of aliphatic hydroxyl groups excluding tert-OH is 1. The molecule has 0 amide bonds. The number of aliphatic hydroxyl groups is 1. The van der Waals surface area contributed by atoms with E-state index >= 15 is 0 Å². The van der Waals surface area contributed by atoms with Crippen LogP contribution in [0.4, 0.5) is 0 Å². The summed E-state index contributed by atoms with van der Waals surface area (Å²) in [5.41, 5.74) is 6.45. The van der Waals surface area contributed by atoms with E-state index in [9.17, 15) is 5.11 Å². The summed E-state index contributed by atoms with van der Waals surface area (Å²) in [6, 6.07) is 8.54. The predicted molar refractivity (Wildman–Crippen MR) is 69.2 cm³/mol. The van der Waals surface area contributed by atoms with Crippen LogP contribution >= 0.6 is 0 Å². The van der Waals surface area contributed by atoms with Crippen LogP contribution in [0, 0.1) is 5.92 Å². The monoisotopic (exact) mass is 222 g/mol. The van der Waals surface area contributed by atoms with Gasteiger partial charge in [0.1, 0.15) is 0 Å². The molecule has 1 unspecified atom stereocenters. The van der Waals surface area contributed by atoms with Crippen molar-refractivity contribution in [2.45, 2.75) is 18.9 Å². The maximum Gasteiger partial charge on any atom is 0.0983 e. The van der Waals surface area contributed by atoms with Crippen molar-refractivity contribution < 1.29 is 5.11 Å². The molecule has 3 aliphatic rings. The number of fused-ring (bicyclic) bond motifs is 3. The number of allylic oxidation sites excluding steroid dienone is 3. The van der Waals surface area contributed by atoms with E-state index in [4.69, 9.17) is 0 Å². The molecule has 1 N–H and O–H groups in total. The molecule has 84 valence electrons. The molecule has 1 nitrogen and oxygen atoms in total. The lowest BCUT2D eigenvalue weighted by Crippen LogP contribution is -2.10. The number of benzene rings is 1. The molecule has 1 heteroatoms. The molecule has 0 spiro atoms. The van der Waals surface area contributed by atoms with Crippen LogP contribution in [0.3, 0.4) is 0 Å². The van der Waals surface area contributed by atoms with Gasteiger partial charge in [-0.15, -0.1) is 0 Å². The Morgan fingerprint density at radius 1 is 1.00 bits per heavy atom. The van der Waals surface area contributed by atoms with Crippen molar-refractivity contribution in [3.05, 3.63) is 59.2 Å². The van der Waals surface area contributed by atoms with Gasteiger partial charge in [0.15, 0.2) is 0 Å². The lowest BCUT2D eigenvalue weighted by molar-refractivity contribution is 0.264. The third kappa shape index (κ3) is 1.23. The molecule has 1 fully saturated rings. The third-order valence-corrected chi connectivity index (χ3v) is 3.93. The summed E-state index contributed by atoms with van der Waals surface area (Å²) in [4.78, 5) is 0. The van der Waals surface area contributed by atoms with Crippen LogP contribution in [-0.4, -0.2) is 11.2 Å². The Morgan fingerprint density at radius 2 is 1.76 bits per heavy atom. The first-order valence-electron chi connectivity index (χ1n) is 6.27. The summed E-state index contributed by atoms with van der Waals surface area (Å²) in [6.07, 6.45) is 8.12. The molecule has 0 bridgehead atoms. The zero-order chi connectivity index (χ0) is 11.4. The zero-order valence-electron chi connectivity index (χ0n) is 9.56. The topological polar surface area (TPSA) is 20.2 Å². The second kappa shape index (κ2) is 3.21. The molecule has 3 aliphatic carbocycles.